The molecule has 3 rings (SSSR count). The smallest absolute Gasteiger partial charge is 0.124 e. The molecule has 0 radical (unpaired) electrons. The minimum absolute atomic E-state index is 0.526. The molecule has 1 fully saturated rings. The molecule has 1 aromatic heterocycles. The molecule has 2 aromatic rings. The highest BCUT2D eigenvalue weighted by molar-refractivity contribution is 5.85. The van der Waals surface area contributed by atoms with Crippen LogP contribution in [0, 0.1) is 5.92 Å². The fourth-order valence-electron chi connectivity index (χ4n) is 2.30. The van der Waals surface area contributed by atoms with Crippen LogP contribution in [0.1, 0.15) is 18.4 Å². The molecule has 0 saturated heterocycles. The Morgan fingerprint density at radius 2 is 2.12 bits per heavy atom. The Morgan fingerprint density at radius 1 is 1.31 bits per heavy atom. The molecule has 2 heteroatoms. The summed E-state index contributed by atoms with van der Waals surface area (Å²) in [7, 11) is 0. The number of carbonyl (C=O) groups is 1. The molecular weight excluding hydrogens is 198 g/mol. The molecule has 1 saturated carbocycles. The van der Waals surface area contributed by atoms with Gasteiger partial charge in [0.2, 0.25) is 0 Å². The summed E-state index contributed by atoms with van der Waals surface area (Å²) >= 11 is 0. The molecule has 1 aromatic carbocycles. The second kappa shape index (κ2) is 3.78. The lowest BCUT2D eigenvalue weighted by Crippen LogP contribution is -1.97. The predicted octanol–water partition coefficient (Wildman–Crippen LogP) is 2.79. The van der Waals surface area contributed by atoms with Gasteiger partial charge < -0.3 is 9.36 Å². The van der Waals surface area contributed by atoms with Crippen LogP contribution in [0.15, 0.2) is 30.5 Å². The molecule has 0 unspecified atom stereocenters. The van der Waals surface area contributed by atoms with Gasteiger partial charge in [-0.05, 0) is 30.4 Å². The van der Waals surface area contributed by atoms with Crippen molar-refractivity contribution >= 4 is 17.2 Å². The summed E-state index contributed by atoms with van der Waals surface area (Å²) in [5.41, 5.74) is 2.43. The third-order valence-corrected chi connectivity index (χ3v) is 3.33. The minimum atomic E-state index is 0.526. The molecule has 1 aliphatic rings. The van der Waals surface area contributed by atoms with E-state index in [1.54, 1.807) is 0 Å². The number of carbonyl (C=O) groups excluding carboxylic acids is 1. The molecule has 0 spiro atoms. The van der Waals surface area contributed by atoms with Gasteiger partial charge in [-0.15, -0.1) is 0 Å². The lowest BCUT2D eigenvalue weighted by Gasteiger charge is -2.02. The Hall–Kier alpha value is -1.57. The van der Waals surface area contributed by atoms with Crippen LogP contribution >= 0.6 is 0 Å². The number of aromatic nitrogens is 1. The first-order valence-corrected chi connectivity index (χ1v) is 5.89. The van der Waals surface area contributed by atoms with Gasteiger partial charge in [-0.3, -0.25) is 0 Å². The molecule has 16 heavy (non-hydrogen) atoms. The lowest BCUT2D eigenvalue weighted by molar-refractivity contribution is -0.107. The van der Waals surface area contributed by atoms with Gasteiger partial charge in [-0.1, -0.05) is 18.2 Å². The van der Waals surface area contributed by atoms with E-state index in [1.165, 1.54) is 23.7 Å². The Morgan fingerprint density at radius 3 is 2.88 bits per heavy atom. The number of benzene rings is 1. The Labute approximate surface area is 94.9 Å². The van der Waals surface area contributed by atoms with Crippen molar-refractivity contribution in [1.29, 1.82) is 0 Å². The van der Waals surface area contributed by atoms with Crippen LogP contribution in [0.2, 0.25) is 0 Å². The zero-order valence-electron chi connectivity index (χ0n) is 9.23. The maximum Gasteiger partial charge on any atom is 0.124 e. The monoisotopic (exact) mass is 213 g/mol. The van der Waals surface area contributed by atoms with E-state index in [0.717, 1.165) is 24.3 Å². The van der Waals surface area contributed by atoms with E-state index < -0.39 is 0 Å². The van der Waals surface area contributed by atoms with Crippen molar-refractivity contribution in [1.82, 2.24) is 4.57 Å². The van der Waals surface area contributed by atoms with Crippen LogP contribution in [-0.2, 0) is 17.8 Å². The van der Waals surface area contributed by atoms with Gasteiger partial charge in [0.1, 0.15) is 6.29 Å². The first kappa shape index (κ1) is 9.64. The lowest BCUT2D eigenvalue weighted by atomic mass is 10.1. The van der Waals surface area contributed by atoms with Crippen molar-refractivity contribution in [3.63, 3.8) is 0 Å². The zero-order chi connectivity index (χ0) is 11.0. The highest BCUT2D eigenvalue weighted by Crippen LogP contribution is 2.32. The van der Waals surface area contributed by atoms with Gasteiger partial charge in [0.05, 0.1) is 0 Å². The van der Waals surface area contributed by atoms with Gasteiger partial charge in [0.15, 0.2) is 0 Å². The predicted molar refractivity (Wildman–Crippen MR) is 64.4 cm³/mol. The van der Waals surface area contributed by atoms with Crippen molar-refractivity contribution in [2.75, 3.05) is 0 Å². The van der Waals surface area contributed by atoms with Gasteiger partial charge in [0.25, 0.3) is 0 Å². The second-order valence-corrected chi connectivity index (χ2v) is 4.64. The van der Waals surface area contributed by atoms with Crippen LogP contribution in [0.4, 0.5) is 0 Å². The van der Waals surface area contributed by atoms with Crippen molar-refractivity contribution < 1.29 is 4.79 Å². The van der Waals surface area contributed by atoms with E-state index in [-0.39, 0.29) is 0 Å². The summed E-state index contributed by atoms with van der Waals surface area (Å²) in [4.78, 5) is 10.7. The first-order chi connectivity index (χ1) is 7.88. The number of hydrogen-bond donors (Lipinski definition) is 0. The molecule has 2 nitrogen and oxygen atoms in total. The summed E-state index contributed by atoms with van der Waals surface area (Å²) in [6.07, 6.45) is 6.38. The topological polar surface area (TPSA) is 22.0 Å². The number of hydrogen-bond acceptors (Lipinski definition) is 1. The largest absolute Gasteiger partial charge is 0.347 e. The molecule has 1 heterocycles. The van der Waals surface area contributed by atoms with Crippen molar-refractivity contribution in [3.8, 4) is 0 Å². The average Bonchev–Trinajstić information content (AvgIpc) is 3.05. The van der Waals surface area contributed by atoms with Crippen LogP contribution in [0.5, 0.6) is 0 Å². The molecule has 82 valence electrons. The summed E-state index contributed by atoms with van der Waals surface area (Å²) in [5.74, 6) is 0.861. The third kappa shape index (κ3) is 1.64. The van der Waals surface area contributed by atoms with Crippen molar-refractivity contribution in [3.05, 3.63) is 36.0 Å². The quantitative estimate of drug-likeness (QED) is 0.716. The summed E-state index contributed by atoms with van der Waals surface area (Å²) in [5, 5.41) is 1.23. The Kier molecular flexibility index (Phi) is 2.28. The zero-order valence-corrected chi connectivity index (χ0v) is 9.23. The number of para-hydroxylation sites is 1. The standard InChI is InChI=1S/C14H15NO/c16-8-7-12-10-15(9-11-5-6-11)14-4-2-1-3-13(12)14/h1-4,8,10-11H,5-7,9H2. The first-order valence-electron chi connectivity index (χ1n) is 5.89. The molecule has 1 aliphatic carbocycles. The maximum atomic E-state index is 10.7. The van der Waals surface area contributed by atoms with E-state index in [9.17, 15) is 4.79 Å². The summed E-state index contributed by atoms with van der Waals surface area (Å²) < 4.78 is 2.31. The fourth-order valence-corrected chi connectivity index (χ4v) is 2.30. The molecular formula is C14H15NO. The van der Waals surface area contributed by atoms with Crippen LogP contribution < -0.4 is 0 Å². The molecule has 0 aliphatic heterocycles. The van der Waals surface area contributed by atoms with Crippen LogP contribution in [0.25, 0.3) is 10.9 Å². The van der Waals surface area contributed by atoms with E-state index in [2.05, 4.69) is 29.0 Å². The molecule has 0 bridgehead atoms. The van der Waals surface area contributed by atoms with Gasteiger partial charge in [-0.2, -0.15) is 0 Å². The molecule has 0 amide bonds. The number of nitrogens with zero attached hydrogens (tertiary/aromatic N) is 1. The maximum absolute atomic E-state index is 10.7. The summed E-state index contributed by atoms with van der Waals surface area (Å²) in [6.45, 7) is 1.11. The van der Waals surface area contributed by atoms with Crippen LogP contribution in [-0.4, -0.2) is 10.9 Å². The third-order valence-electron chi connectivity index (χ3n) is 3.33. The average molecular weight is 213 g/mol. The SMILES string of the molecule is O=CCc1cn(CC2CC2)c2ccccc12. The van der Waals surface area contributed by atoms with E-state index in [4.69, 9.17) is 0 Å². The van der Waals surface area contributed by atoms with E-state index in [0.29, 0.717) is 6.42 Å². The number of rotatable bonds is 4. The Bertz CT molecular complexity index is 523. The summed E-state index contributed by atoms with van der Waals surface area (Å²) in [6, 6.07) is 8.36. The van der Waals surface area contributed by atoms with Crippen molar-refractivity contribution in [2.45, 2.75) is 25.8 Å². The van der Waals surface area contributed by atoms with Gasteiger partial charge >= 0.3 is 0 Å². The molecule has 0 atom stereocenters. The van der Waals surface area contributed by atoms with E-state index >= 15 is 0 Å². The Balaban J connectivity index is 2.08. The van der Waals surface area contributed by atoms with Crippen molar-refractivity contribution in [2.24, 2.45) is 5.92 Å². The number of aldehydes is 1. The molecule has 0 N–H and O–H groups in total. The van der Waals surface area contributed by atoms with Gasteiger partial charge in [0, 0.05) is 30.1 Å². The van der Waals surface area contributed by atoms with Gasteiger partial charge in [-0.25, -0.2) is 0 Å². The normalized spacial score (nSPS) is 15.5. The minimum Gasteiger partial charge on any atom is -0.347 e. The number of fused-ring (bicyclic) bond motifs is 1. The highest BCUT2D eigenvalue weighted by atomic mass is 16.1. The fraction of sp³-hybridized carbons (Fsp3) is 0.357. The van der Waals surface area contributed by atoms with E-state index in [1.807, 2.05) is 6.07 Å². The van der Waals surface area contributed by atoms with Crippen LogP contribution in [0.3, 0.4) is 0 Å². The highest BCUT2D eigenvalue weighted by Gasteiger charge is 2.22. The second-order valence-electron chi connectivity index (χ2n) is 4.64.